The fourth-order valence-electron chi connectivity index (χ4n) is 2.29. The average Bonchev–Trinajstić information content (AvgIpc) is 2.67. The Balaban J connectivity index is 3.20. The number of ether oxygens (including phenoxy) is 3. The minimum Gasteiger partial charge on any atom is -0.467 e. The van der Waals surface area contributed by atoms with Crippen LogP contribution in [0.5, 0.6) is 0 Å². The molecule has 0 fully saturated rings. The Bertz CT molecular complexity index is 934. The molecule has 0 aliphatic carbocycles. The first-order chi connectivity index (χ1) is 15.1. The first kappa shape index (κ1) is 27.2. The van der Waals surface area contributed by atoms with Crippen molar-refractivity contribution in [1.29, 1.82) is 0 Å². The molecule has 0 saturated heterocycles. The fraction of sp³-hybridized carbons (Fsp3) is 0.500. The molecule has 1 atom stereocenters. The number of esters is 1. The second-order valence-corrected chi connectivity index (χ2v) is 8.81. The maximum absolute atomic E-state index is 12.8. The van der Waals surface area contributed by atoms with Crippen LogP contribution in [0.1, 0.15) is 53.5 Å². The standard InChI is InChI=1S/C22H29N3O8/c1-21(2,3)32-19(27)23-24(20(28)33-22(4,5)6)17(18(26)31-7)10-8-9-15-11-13-16(14-12-15)25(29)30/h11-14,17H,10H2,1-7H3,(H,23,27)/t17-/m1/s1. The van der Waals surface area contributed by atoms with Gasteiger partial charge in [-0.25, -0.2) is 24.8 Å². The van der Waals surface area contributed by atoms with Crippen molar-refractivity contribution in [1.82, 2.24) is 10.4 Å². The summed E-state index contributed by atoms with van der Waals surface area (Å²) in [7, 11) is 1.12. The van der Waals surface area contributed by atoms with Crippen molar-refractivity contribution in [2.24, 2.45) is 0 Å². The lowest BCUT2D eigenvalue weighted by molar-refractivity contribution is -0.384. The Kier molecular flexibility index (Phi) is 9.22. The number of hydrogen-bond acceptors (Lipinski definition) is 8. The molecule has 2 amide bonds. The van der Waals surface area contributed by atoms with E-state index in [1.807, 2.05) is 0 Å². The zero-order valence-corrected chi connectivity index (χ0v) is 19.8. The van der Waals surface area contributed by atoms with Gasteiger partial charge in [0.15, 0.2) is 6.04 Å². The van der Waals surface area contributed by atoms with E-state index in [9.17, 15) is 24.5 Å². The summed E-state index contributed by atoms with van der Waals surface area (Å²) in [6, 6.07) is 4.12. The Morgan fingerprint density at radius 2 is 1.61 bits per heavy atom. The monoisotopic (exact) mass is 463 g/mol. The summed E-state index contributed by atoms with van der Waals surface area (Å²) in [5.41, 5.74) is 0.812. The lowest BCUT2D eigenvalue weighted by Gasteiger charge is -2.32. The van der Waals surface area contributed by atoms with Gasteiger partial charge in [-0.05, 0) is 53.7 Å². The number of nitrogens with zero attached hydrogens (tertiary/aromatic N) is 2. The molecule has 0 unspecified atom stereocenters. The van der Waals surface area contributed by atoms with Gasteiger partial charge in [-0.2, -0.15) is 0 Å². The third-order valence-electron chi connectivity index (χ3n) is 3.59. The predicted octanol–water partition coefficient (Wildman–Crippen LogP) is 3.55. The predicted molar refractivity (Wildman–Crippen MR) is 118 cm³/mol. The molecule has 0 radical (unpaired) electrons. The minimum atomic E-state index is -1.36. The van der Waals surface area contributed by atoms with E-state index in [0.29, 0.717) is 10.6 Å². The molecule has 1 aromatic rings. The summed E-state index contributed by atoms with van der Waals surface area (Å²) in [5.74, 6) is 4.62. The van der Waals surface area contributed by atoms with Crippen molar-refractivity contribution >= 4 is 23.8 Å². The molecule has 1 aromatic carbocycles. The highest BCUT2D eigenvalue weighted by Gasteiger charge is 2.36. The number of nitrogens with one attached hydrogen (secondary N) is 1. The van der Waals surface area contributed by atoms with Gasteiger partial charge in [0, 0.05) is 24.1 Å². The SMILES string of the molecule is COC(=O)[C@@H](CC#Cc1ccc([N+](=O)[O-])cc1)N(NC(=O)OC(C)(C)C)C(=O)OC(C)(C)C. The summed E-state index contributed by atoms with van der Waals surface area (Å²) in [5, 5.41) is 11.4. The van der Waals surface area contributed by atoms with Gasteiger partial charge in [-0.3, -0.25) is 10.1 Å². The van der Waals surface area contributed by atoms with E-state index < -0.39 is 40.3 Å². The molecule has 0 aromatic heterocycles. The molecule has 1 rings (SSSR count). The Morgan fingerprint density at radius 3 is 2.06 bits per heavy atom. The number of nitro groups is 1. The number of benzene rings is 1. The van der Waals surface area contributed by atoms with E-state index in [-0.39, 0.29) is 12.1 Å². The Morgan fingerprint density at radius 1 is 1.06 bits per heavy atom. The van der Waals surface area contributed by atoms with Crippen molar-refractivity contribution in [2.45, 2.75) is 65.2 Å². The van der Waals surface area contributed by atoms with Gasteiger partial charge in [0.1, 0.15) is 11.2 Å². The first-order valence-electron chi connectivity index (χ1n) is 9.96. The molecule has 0 heterocycles. The molecule has 0 bridgehead atoms. The second kappa shape index (κ2) is 11.2. The van der Waals surface area contributed by atoms with Gasteiger partial charge in [0.25, 0.3) is 5.69 Å². The Labute approximate surface area is 192 Å². The molecule has 0 aliphatic rings. The number of hydrazine groups is 1. The molecule has 180 valence electrons. The van der Waals surface area contributed by atoms with Crippen molar-refractivity contribution in [2.75, 3.05) is 7.11 Å². The van der Waals surface area contributed by atoms with Crippen molar-refractivity contribution in [3.8, 4) is 11.8 Å². The van der Waals surface area contributed by atoms with Crippen LogP contribution in [0.25, 0.3) is 0 Å². The van der Waals surface area contributed by atoms with Crippen LogP contribution in [0.3, 0.4) is 0 Å². The van der Waals surface area contributed by atoms with Crippen LogP contribution in [0, 0.1) is 22.0 Å². The summed E-state index contributed by atoms with van der Waals surface area (Å²) >= 11 is 0. The van der Waals surface area contributed by atoms with Gasteiger partial charge in [0.2, 0.25) is 0 Å². The average molecular weight is 463 g/mol. The second-order valence-electron chi connectivity index (χ2n) is 8.81. The zero-order valence-electron chi connectivity index (χ0n) is 19.8. The molecular formula is C22H29N3O8. The minimum absolute atomic E-state index is 0.0920. The number of methoxy groups -OCH3 is 1. The summed E-state index contributed by atoms with van der Waals surface area (Å²) in [6.45, 7) is 9.78. The van der Waals surface area contributed by atoms with Gasteiger partial charge in [-0.15, -0.1) is 0 Å². The zero-order chi connectivity index (χ0) is 25.4. The van der Waals surface area contributed by atoms with Crippen LogP contribution in [-0.2, 0) is 19.0 Å². The van der Waals surface area contributed by atoms with E-state index in [1.165, 1.54) is 24.3 Å². The summed E-state index contributed by atoms with van der Waals surface area (Å²) in [6.07, 6.45) is -2.23. The van der Waals surface area contributed by atoms with Crippen LogP contribution >= 0.6 is 0 Å². The molecule has 1 N–H and O–H groups in total. The summed E-state index contributed by atoms with van der Waals surface area (Å²) in [4.78, 5) is 47.8. The van der Waals surface area contributed by atoms with Crippen LogP contribution in [0.15, 0.2) is 24.3 Å². The number of non-ortho nitro benzene ring substituents is 1. The number of hydrogen-bond donors (Lipinski definition) is 1. The number of carbonyl (C=O) groups is 3. The van der Waals surface area contributed by atoms with Crippen LogP contribution in [-0.4, -0.2) is 52.4 Å². The number of carbonyl (C=O) groups excluding carboxylic acids is 3. The maximum Gasteiger partial charge on any atom is 0.430 e. The molecule has 11 heteroatoms. The largest absolute Gasteiger partial charge is 0.467 e. The lowest BCUT2D eigenvalue weighted by atomic mass is 10.1. The molecule has 33 heavy (non-hydrogen) atoms. The third kappa shape index (κ3) is 9.90. The fourth-order valence-corrected chi connectivity index (χ4v) is 2.29. The molecular weight excluding hydrogens is 434 g/mol. The quantitative estimate of drug-likeness (QED) is 0.235. The first-order valence-corrected chi connectivity index (χ1v) is 9.96. The van der Waals surface area contributed by atoms with Gasteiger partial charge in [0.05, 0.1) is 12.0 Å². The highest BCUT2D eigenvalue weighted by atomic mass is 16.6. The highest BCUT2D eigenvalue weighted by molar-refractivity contribution is 5.83. The molecule has 0 saturated carbocycles. The van der Waals surface area contributed by atoms with Gasteiger partial charge in [-0.1, -0.05) is 11.8 Å². The lowest BCUT2D eigenvalue weighted by Crippen LogP contribution is -2.57. The van der Waals surface area contributed by atoms with Crippen LogP contribution in [0.2, 0.25) is 0 Å². The van der Waals surface area contributed by atoms with Gasteiger partial charge >= 0.3 is 18.2 Å². The van der Waals surface area contributed by atoms with Crippen LogP contribution in [0.4, 0.5) is 15.3 Å². The summed E-state index contributed by atoms with van der Waals surface area (Å²) < 4.78 is 15.3. The van der Waals surface area contributed by atoms with Crippen molar-refractivity contribution < 1.29 is 33.5 Å². The van der Waals surface area contributed by atoms with E-state index >= 15 is 0 Å². The normalized spacial score (nSPS) is 11.8. The third-order valence-corrected chi connectivity index (χ3v) is 3.59. The molecule has 11 nitrogen and oxygen atoms in total. The Hall–Kier alpha value is -3.81. The number of nitro benzene ring substituents is 1. The van der Waals surface area contributed by atoms with E-state index in [4.69, 9.17) is 14.2 Å². The smallest absolute Gasteiger partial charge is 0.430 e. The molecule has 0 spiro atoms. The van der Waals surface area contributed by atoms with Crippen molar-refractivity contribution in [3.05, 3.63) is 39.9 Å². The van der Waals surface area contributed by atoms with Crippen molar-refractivity contribution in [3.63, 3.8) is 0 Å². The highest BCUT2D eigenvalue weighted by Crippen LogP contribution is 2.15. The van der Waals surface area contributed by atoms with Gasteiger partial charge < -0.3 is 14.2 Å². The van der Waals surface area contributed by atoms with E-state index in [0.717, 1.165) is 7.11 Å². The number of rotatable bonds is 4. The number of amides is 2. The topological polar surface area (TPSA) is 137 Å². The maximum atomic E-state index is 12.8. The van der Waals surface area contributed by atoms with E-state index in [2.05, 4.69) is 17.3 Å². The molecule has 0 aliphatic heterocycles. The van der Waals surface area contributed by atoms with E-state index in [1.54, 1.807) is 41.5 Å². The van der Waals surface area contributed by atoms with Crippen LogP contribution < -0.4 is 5.43 Å².